The maximum Gasteiger partial charge on any atom is 0.145 e. The Bertz CT molecular complexity index is 1180. The molecule has 35 heavy (non-hydrogen) atoms. The lowest BCUT2D eigenvalue weighted by atomic mass is 9.97. The number of nitrogens with zero attached hydrogens (tertiary/aromatic N) is 3. The number of aromatic nitrogens is 1. The molecule has 0 spiro atoms. The molecule has 0 saturated heterocycles. The summed E-state index contributed by atoms with van der Waals surface area (Å²) in [6, 6.07) is 17.5. The van der Waals surface area contributed by atoms with E-state index in [1.54, 1.807) is 0 Å². The molecule has 0 N–H and O–H groups in total. The first-order valence-electron chi connectivity index (χ1n) is 12.3. The largest absolute Gasteiger partial charge is 0.374 e. The first-order valence-corrected chi connectivity index (χ1v) is 12.3. The van der Waals surface area contributed by atoms with Crippen molar-refractivity contribution in [2.45, 2.75) is 58.3 Å². The molecule has 3 aromatic rings. The first kappa shape index (κ1) is 24.7. The molecule has 0 amide bonds. The molecule has 0 aliphatic heterocycles. The summed E-state index contributed by atoms with van der Waals surface area (Å²) in [7, 11) is 0. The van der Waals surface area contributed by atoms with Crippen molar-refractivity contribution in [3.63, 3.8) is 0 Å². The highest BCUT2D eigenvalue weighted by atomic mass is 16.5. The van der Waals surface area contributed by atoms with Gasteiger partial charge in [-0.05, 0) is 87.8 Å². The molecular formula is C29H33N3O3. The molecule has 182 valence electrons. The number of anilines is 2. The summed E-state index contributed by atoms with van der Waals surface area (Å²) >= 11 is 0. The number of nitriles is 1. The normalized spacial score (nSPS) is 13.9. The molecule has 2 aromatic carbocycles. The summed E-state index contributed by atoms with van der Waals surface area (Å²) in [5, 5.41) is 13.7. The van der Waals surface area contributed by atoms with E-state index in [1.165, 1.54) is 5.56 Å². The van der Waals surface area contributed by atoms with E-state index in [0.717, 1.165) is 84.5 Å². The van der Waals surface area contributed by atoms with E-state index in [1.807, 2.05) is 13.8 Å². The fraction of sp³-hybridized carbons (Fsp3) is 0.414. The fourth-order valence-corrected chi connectivity index (χ4v) is 4.67. The van der Waals surface area contributed by atoms with Gasteiger partial charge in [0.25, 0.3) is 0 Å². The Balaban J connectivity index is 1.61. The van der Waals surface area contributed by atoms with Crippen molar-refractivity contribution in [1.82, 2.24) is 5.16 Å². The SMILES string of the molecule is Cc1ccc(-c2c(C)noc2C)cc1N(CCCCCOCC=O)c1ccc(C2(C#N)CC2)cc1. The second-order valence-electron chi connectivity index (χ2n) is 9.40. The highest BCUT2D eigenvalue weighted by Crippen LogP contribution is 2.48. The molecule has 0 bridgehead atoms. The quantitative estimate of drug-likeness (QED) is 0.226. The molecule has 0 radical (unpaired) electrons. The molecule has 1 heterocycles. The average Bonchev–Trinajstić information content (AvgIpc) is 3.60. The van der Waals surface area contributed by atoms with Gasteiger partial charge in [-0.3, -0.25) is 0 Å². The Labute approximate surface area is 207 Å². The van der Waals surface area contributed by atoms with Crippen LogP contribution in [0, 0.1) is 32.1 Å². The number of carbonyl (C=O) groups excluding carboxylic acids is 1. The third-order valence-electron chi connectivity index (χ3n) is 6.87. The van der Waals surface area contributed by atoms with Crippen molar-refractivity contribution in [2.75, 3.05) is 24.7 Å². The van der Waals surface area contributed by atoms with Gasteiger partial charge < -0.3 is 19.0 Å². The standard InChI is InChI=1S/C29H33N3O3/c1-21-7-8-24(28-22(2)31-35-23(28)3)19-27(21)32(15-5-4-6-17-34-18-16-33)26-11-9-25(10-12-26)29(20-30)13-14-29/h7-12,16,19H,4-6,13-15,17-18H2,1-3H3. The monoisotopic (exact) mass is 471 g/mol. The van der Waals surface area contributed by atoms with Gasteiger partial charge in [0.1, 0.15) is 18.7 Å². The molecule has 6 heteroatoms. The van der Waals surface area contributed by atoms with Crippen LogP contribution in [-0.4, -0.2) is 31.2 Å². The predicted molar refractivity (Wildman–Crippen MR) is 137 cm³/mol. The molecule has 1 saturated carbocycles. The topological polar surface area (TPSA) is 79.4 Å². The summed E-state index contributed by atoms with van der Waals surface area (Å²) in [6.07, 6.45) is 5.59. The van der Waals surface area contributed by atoms with Crippen LogP contribution in [0.25, 0.3) is 11.1 Å². The zero-order valence-corrected chi connectivity index (χ0v) is 20.8. The molecule has 1 aliphatic carbocycles. The van der Waals surface area contributed by atoms with Gasteiger partial charge in [0.15, 0.2) is 0 Å². The maximum atomic E-state index is 10.4. The number of carbonyl (C=O) groups is 1. The third-order valence-corrected chi connectivity index (χ3v) is 6.87. The van der Waals surface area contributed by atoms with Crippen LogP contribution in [0.1, 0.15) is 54.7 Å². The summed E-state index contributed by atoms with van der Waals surface area (Å²) in [5.41, 5.74) is 7.28. The molecule has 0 unspecified atom stereocenters. The van der Waals surface area contributed by atoms with Crippen LogP contribution in [0.15, 0.2) is 47.0 Å². The van der Waals surface area contributed by atoms with E-state index >= 15 is 0 Å². The summed E-state index contributed by atoms with van der Waals surface area (Å²) in [5.74, 6) is 0.815. The van der Waals surface area contributed by atoms with Gasteiger partial charge in [0.05, 0.1) is 17.2 Å². The van der Waals surface area contributed by atoms with Crippen LogP contribution in [0.4, 0.5) is 11.4 Å². The van der Waals surface area contributed by atoms with Gasteiger partial charge in [0.2, 0.25) is 0 Å². The lowest BCUT2D eigenvalue weighted by Crippen LogP contribution is -2.20. The second-order valence-corrected chi connectivity index (χ2v) is 9.40. The molecule has 1 aromatic heterocycles. The molecule has 0 atom stereocenters. The number of hydrogen-bond acceptors (Lipinski definition) is 6. The molecular weight excluding hydrogens is 438 g/mol. The van der Waals surface area contributed by atoms with E-state index in [0.29, 0.717) is 6.61 Å². The van der Waals surface area contributed by atoms with Crippen molar-refractivity contribution in [2.24, 2.45) is 0 Å². The van der Waals surface area contributed by atoms with E-state index < -0.39 is 0 Å². The van der Waals surface area contributed by atoms with Crippen LogP contribution in [0.5, 0.6) is 0 Å². The number of hydrogen-bond donors (Lipinski definition) is 0. The summed E-state index contributed by atoms with van der Waals surface area (Å²) < 4.78 is 10.7. The van der Waals surface area contributed by atoms with Gasteiger partial charge in [-0.25, -0.2) is 0 Å². The van der Waals surface area contributed by atoms with E-state index in [2.05, 4.69) is 65.5 Å². The Morgan fingerprint density at radius 3 is 2.51 bits per heavy atom. The Hall–Kier alpha value is -3.43. The Kier molecular flexibility index (Phi) is 7.67. The molecule has 4 rings (SSSR count). The predicted octanol–water partition coefficient (Wildman–Crippen LogP) is 6.35. The van der Waals surface area contributed by atoms with Crippen molar-refractivity contribution in [3.8, 4) is 17.2 Å². The number of aldehydes is 1. The Morgan fingerprint density at radius 2 is 1.89 bits per heavy atom. The molecule has 1 aliphatic rings. The maximum absolute atomic E-state index is 10.4. The van der Waals surface area contributed by atoms with Crippen molar-refractivity contribution < 1.29 is 14.1 Å². The van der Waals surface area contributed by atoms with Gasteiger partial charge in [-0.1, -0.05) is 29.4 Å². The van der Waals surface area contributed by atoms with Crippen LogP contribution in [0.3, 0.4) is 0 Å². The van der Waals surface area contributed by atoms with Gasteiger partial charge in [-0.15, -0.1) is 0 Å². The van der Waals surface area contributed by atoms with Crippen LogP contribution in [0.2, 0.25) is 0 Å². The van der Waals surface area contributed by atoms with Crippen LogP contribution >= 0.6 is 0 Å². The van der Waals surface area contributed by atoms with Gasteiger partial charge in [-0.2, -0.15) is 5.26 Å². The van der Waals surface area contributed by atoms with E-state index in [9.17, 15) is 10.1 Å². The van der Waals surface area contributed by atoms with E-state index in [-0.39, 0.29) is 12.0 Å². The van der Waals surface area contributed by atoms with Crippen molar-refractivity contribution >= 4 is 17.7 Å². The zero-order valence-electron chi connectivity index (χ0n) is 20.8. The van der Waals surface area contributed by atoms with Crippen LogP contribution in [-0.2, 0) is 14.9 Å². The number of aryl methyl sites for hydroxylation is 3. The average molecular weight is 472 g/mol. The highest BCUT2D eigenvalue weighted by Gasteiger charge is 2.44. The smallest absolute Gasteiger partial charge is 0.145 e. The third kappa shape index (κ3) is 5.47. The number of rotatable bonds is 12. The number of ether oxygens (including phenoxy) is 1. The number of unbranched alkanes of at least 4 members (excludes halogenated alkanes) is 2. The van der Waals surface area contributed by atoms with Crippen molar-refractivity contribution in [1.29, 1.82) is 5.26 Å². The van der Waals surface area contributed by atoms with Gasteiger partial charge in [0, 0.05) is 30.1 Å². The van der Waals surface area contributed by atoms with Gasteiger partial charge >= 0.3 is 0 Å². The molecule has 6 nitrogen and oxygen atoms in total. The zero-order chi connectivity index (χ0) is 24.8. The minimum Gasteiger partial charge on any atom is -0.374 e. The Morgan fingerprint density at radius 1 is 1.11 bits per heavy atom. The summed E-state index contributed by atoms with van der Waals surface area (Å²) in [6.45, 7) is 7.66. The first-order chi connectivity index (χ1) is 17.0. The minimum atomic E-state index is -0.288. The highest BCUT2D eigenvalue weighted by molar-refractivity contribution is 5.76. The van der Waals surface area contributed by atoms with E-state index in [4.69, 9.17) is 9.26 Å². The molecule has 1 fully saturated rings. The fourth-order valence-electron chi connectivity index (χ4n) is 4.67. The minimum absolute atomic E-state index is 0.163. The lowest BCUT2D eigenvalue weighted by Gasteiger charge is -2.28. The van der Waals surface area contributed by atoms with Crippen LogP contribution < -0.4 is 4.90 Å². The lowest BCUT2D eigenvalue weighted by molar-refractivity contribution is -0.111. The van der Waals surface area contributed by atoms with Crippen molar-refractivity contribution in [3.05, 3.63) is 65.0 Å². The second kappa shape index (κ2) is 10.9. The summed E-state index contributed by atoms with van der Waals surface area (Å²) in [4.78, 5) is 12.8. The number of benzene rings is 2.